The fourth-order valence-electron chi connectivity index (χ4n) is 2.14. The molecule has 7 heteroatoms. The van der Waals surface area contributed by atoms with Gasteiger partial charge in [0.2, 0.25) is 5.91 Å². The van der Waals surface area contributed by atoms with Crippen molar-refractivity contribution in [2.24, 2.45) is 7.05 Å². The van der Waals surface area contributed by atoms with Gasteiger partial charge in [-0.1, -0.05) is 18.5 Å². The van der Waals surface area contributed by atoms with Crippen LogP contribution in [0.5, 0.6) is 0 Å². The van der Waals surface area contributed by atoms with Crippen LogP contribution >= 0.6 is 11.6 Å². The Morgan fingerprint density at radius 3 is 2.65 bits per heavy atom. The molecule has 2 aromatic heterocycles. The zero-order chi connectivity index (χ0) is 14.9. The number of hydrogen-bond donors (Lipinski definition) is 1. The molecular weight excluding hydrogens is 278 g/mol. The molecule has 0 aliphatic carbocycles. The zero-order valence-electron chi connectivity index (χ0n) is 12.0. The summed E-state index contributed by atoms with van der Waals surface area (Å²) in [6.07, 6.45) is 3.80. The first-order chi connectivity index (χ1) is 9.43. The minimum atomic E-state index is -0.387. The summed E-state index contributed by atoms with van der Waals surface area (Å²) < 4.78 is 3.33. The number of aryl methyl sites for hydroxylation is 2. The molecule has 6 nitrogen and oxygen atoms in total. The van der Waals surface area contributed by atoms with Crippen LogP contribution in [0.1, 0.15) is 30.8 Å². The third-order valence-electron chi connectivity index (χ3n) is 3.34. The Balaban J connectivity index is 2.22. The van der Waals surface area contributed by atoms with Gasteiger partial charge in [0.05, 0.1) is 28.3 Å². The highest BCUT2D eigenvalue weighted by Gasteiger charge is 2.22. The van der Waals surface area contributed by atoms with Crippen molar-refractivity contribution in [2.45, 2.75) is 33.2 Å². The van der Waals surface area contributed by atoms with Crippen molar-refractivity contribution in [3.8, 4) is 0 Å². The lowest BCUT2D eigenvalue weighted by molar-refractivity contribution is -0.119. The summed E-state index contributed by atoms with van der Waals surface area (Å²) in [6.45, 7) is 5.72. The van der Waals surface area contributed by atoms with Crippen LogP contribution in [-0.4, -0.2) is 25.5 Å². The lowest BCUT2D eigenvalue weighted by atomic mass is 10.2. The van der Waals surface area contributed by atoms with Gasteiger partial charge in [0.1, 0.15) is 6.04 Å². The van der Waals surface area contributed by atoms with Gasteiger partial charge in [-0.3, -0.25) is 14.2 Å². The number of nitrogens with one attached hydrogen (secondary N) is 1. The third kappa shape index (κ3) is 2.70. The van der Waals surface area contributed by atoms with Gasteiger partial charge >= 0.3 is 0 Å². The van der Waals surface area contributed by atoms with Crippen LogP contribution in [0.3, 0.4) is 0 Å². The highest BCUT2D eigenvalue weighted by atomic mass is 35.5. The summed E-state index contributed by atoms with van der Waals surface area (Å²) in [4.78, 5) is 12.4. The van der Waals surface area contributed by atoms with Crippen LogP contribution in [-0.2, 0) is 11.8 Å². The first kappa shape index (κ1) is 14.6. The second kappa shape index (κ2) is 5.66. The van der Waals surface area contributed by atoms with Crippen molar-refractivity contribution in [3.63, 3.8) is 0 Å². The maximum atomic E-state index is 12.4. The number of aromatic nitrogens is 4. The second-order valence-corrected chi connectivity index (χ2v) is 5.16. The van der Waals surface area contributed by atoms with E-state index in [1.807, 2.05) is 27.8 Å². The monoisotopic (exact) mass is 295 g/mol. The molecule has 1 unspecified atom stereocenters. The first-order valence-corrected chi connectivity index (χ1v) is 6.82. The number of hydrogen-bond acceptors (Lipinski definition) is 3. The normalized spacial score (nSPS) is 12.4. The van der Waals surface area contributed by atoms with E-state index in [1.165, 1.54) is 6.20 Å². The minimum Gasteiger partial charge on any atom is -0.321 e. The topological polar surface area (TPSA) is 64.7 Å². The van der Waals surface area contributed by atoms with Gasteiger partial charge in [-0.05, 0) is 20.3 Å². The third-order valence-corrected chi connectivity index (χ3v) is 3.53. The highest BCUT2D eigenvalue weighted by Crippen LogP contribution is 2.21. The molecule has 0 aromatic carbocycles. The van der Waals surface area contributed by atoms with E-state index in [-0.39, 0.29) is 11.9 Å². The predicted molar refractivity (Wildman–Crippen MR) is 77.9 cm³/mol. The number of nitrogens with zero attached hydrogens (tertiary/aromatic N) is 4. The fraction of sp³-hybridized carbons (Fsp3) is 0.462. The molecule has 1 atom stereocenters. The molecular formula is C13H18ClN5O. The lowest BCUT2D eigenvalue weighted by Gasteiger charge is -2.15. The zero-order valence-corrected chi connectivity index (χ0v) is 12.8. The number of rotatable bonds is 4. The summed E-state index contributed by atoms with van der Waals surface area (Å²) in [6, 6.07) is -0.387. The Kier molecular flexibility index (Phi) is 4.13. The van der Waals surface area contributed by atoms with Gasteiger partial charge in [0.15, 0.2) is 0 Å². The standard InChI is InChI=1S/C13H18ClN5O/c1-5-11(19-7-10(14)6-15-19)13(20)16-12-8(2)17-18(4)9(12)3/h6-7,11H,5H2,1-4H3,(H,16,20). The molecule has 0 aliphatic heterocycles. The molecule has 0 bridgehead atoms. The van der Waals surface area contributed by atoms with Crippen molar-refractivity contribution in [3.05, 3.63) is 28.8 Å². The van der Waals surface area contributed by atoms with Crippen LogP contribution in [0.15, 0.2) is 12.4 Å². The number of carbonyl (C=O) groups excluding carboxylic acids is 1. The Morgan fingerprint density at radius 2 is 2.20 bits per heavy atom. The summed E-state index contributed by atoms with van der Waals surface area (Å²) >= 11 is 5.85. The van der Waals surface area contributed by atoms with Crippen LogP contribution in [0, 0.1) is 13.8 Å². The minimum absolute atomic E-state index is 0.119. The van der Waals surface area contributed by atoms with E-state index < -0.39 is 0 Å². The van der Waals surface area contributed by atoms with Gasteiger partial charge < -0.3 is 5.32 Å². The van der Waals surface area contributed by atoms with E-state index in [2.05, 4.69) is 15.5 Å². The lowest BCUT2D eigenvalue weighted by Crippen LogP contribution is -2.26. The van der Waals surface area contributed by atoms with E-state index in [9.17, 15) is 4.79 Å². The quantitative estimate of drug-likeness (QED) is 0.942. The maximum Gasteiger partial charge on any atom is 0.249 e. The Morgan fingerprint density at radius 1 is 1.50 bits per heavy atom. The van der Waals surface area contributed by atoms with Crippen LogP contribution < -0.4 is 5.32 Å². The summed E-state index contributed by atoms with van der Waals surface area (Å²) in [5.74, 6) is -0.119. The van der Waals surface area contributed by atoms with Crippen molar-refractivity contribution < 1.29 is 4.79 Å². The highest BCUT2D eigenvalue weighted by molar-refractivity contribution is 6.30. The molecule has 0 saturated heterocycles. The molecule has 108 valence electrons. The number of amides is 1. The van der Waals surface area contributed by atoms with Gasteiger partial charge in [-0.25, -0.2) is 0 Å². The number of carbonyl (C=O) groups is 1. The molecule has 2 rings (SSSR count). The van der Waals surface area contributed by atoms with E-state index in [0.29, 0.717) is 11.4 Å². The summed E-state index contributed by atoms with van der Waals surface area (Å²) in [5.41, 5.74) is 2.48. The van der Waals surface area contributed by atoms with Crippen LogP contribution in [0.25, 0.3) is 0 Å². The SMILES string of the molecule is CCC(C(=O)Nc1c(C)nn(C)c1C)n1cc(Cl)cn1. The molecule has 20 heavy (non-hydrogen) atoms. The molecule has 2 aromatic rings. The molecule has 0 saturated carbocycles. The van der Waals surface area contributed by atoms with E-state index in [4.69, 9.17) is 11.6 Å². The first-order valence-electron chi connectivity index (χ1n) is 6.44. The fourth-order valence-corrected chi connectivity index (χ4v) is 2.28. The Bertz CT molecular complexity index is 631. The Labute approximate surface area is 122 Å². The van der Waals surface area contributed by atoms with Gasteiger partial charge in [-0.2, -0.15) is 10.2 Å². The van der Waals surface area contributed by atoms with Gasteiger partial charge in [0, 0.05) is 13.2 Å². The van der Waals surface area contributed by atoms with Crippen molar-refractivity contribution in [1.82, 2.24) is 19.6 Å². The molecule has 0 fully saturated rings. The second-order valence-electron chi connectivity index (χ2n) is 4.72. The summed E-state index contributed by atoms with van der Waals surface area (Å²) in [7, 11) is 1.85. The van der Waals surface area contributed by atoms with E-state index in [1.54, 1.807) is 15.6 Å². The van der Waals surface area contributed by atoms with Crippen molar-refractivity contribution >= 4 is 23.2 Å². The Hall–Kier alpha value is -1.82. The van der Waals surface area contributed by atoms with Crippen LogP contribution in [0.2, 0.25) is 5.02 Å². The number of halogens is 1. The van der Waals surface area contributed by atoms with E-state index >= 15 is 0 Å². The average molecular weight is 296 g/mol. The molecule has 0 aliphatic rings. The van der Waals surface area contributed by atoms with Gasteiger partial charge in [-0.15, -0.1) is 0 Å². The molecule has 0 spiro atoms. The maximum absolute atomic E-state index is 12.4. The molecule has 2 heterocycles. The van der Waals surface area contributed by atoms with Crippen molar-refractivity contribution in [2.75, 3.05) is 5.32 Å². The van der Waals surface area contributed by atoms with Crippen LogP contribution in [0.4, 0.5) is 5.69 Å². The molecule has 1 amide bonds. The van der Waals surface area contributed by atoms with Crippen molar-refractivity contribution in [1.29, 1.82) is 0 Å². The molecule has 0 radical (unpaired) electrons. The smallest absolute Gasteiger partial charge is 0.249 e. The average Bonchev–Trinajstić information content (AvgIpc) is 2.90. The van der Waals surface area contributed by atoms with Gasteiger partial charge in [0.25, 0.3) is 0 Å². The largest absolute Gasteiger partial charge is 0.321 e. The predicted octanol–water partition coefficient (Wildman–Crippen LogP) is 2.48. The summed E-state index contributed by atoms with van der Waals surface area (Å²) in [5, 5.41) is 11.8. The number of anilines is 1. The molecule has 1 N–H and O–H groups in total. The van der Waals surface area contributed by atoms with E-state index in [0.717, 1.165) is 17.1 Å².